The first-order valence-electron chi connectivity index (χ1n) is 14.7. The smallest absolute Gasteiger partial charge is 0.0319 e. The molecule has 0 bridgehead atoms. The lowest BCUT2D eigenvalue weighted by molar-refractivity contribution is 0.613. The predicted molar refractivity (Wildman–Crippen MR) is 170 cm³/mol. The molecule has 0 unspecified atom stereocenters. The molecule has 4 aromatic carbocycles. The molecule has 0 atom stereocenters. The molecule has 0 heterocycles. The number of hydrogen-bond donors (Lipinski definition) is 2. The monoisotopic (exact) mass is 518 g/mol. The molecule has 0 aromatic heterocycles. The number of aryl methyl sites for hydroxylation is 6. The normalized spacial score (nSPS) is 11.2. The van der Waals surface area contributed by atoms with Gasteiger partial charge in [-0.15, -0.1) is 0 Å². The van der Waals surface area contributed by atoms with Gasteiger partial charge in [-0.3, -0.25) is 0 Å². The Balaban J connectivity index is 1.13. The zero-order valence-electron chi connectivity index (χ0n) is 24.4. The maximum absolute atomic E-state index is 5.99. The standard InChI is InChI=1S/C37H46N2/c1-26-20-34(38)21-27(2)36(26)24-32-16-12-30(13-17-32)10-8-6-5-7-9-11-31-14-18-33(19-15-31)25-37-28(3)22-35(39)23-29(37)4/h12-23H,5-11,24-25,38-39H2,1-4H3. The molecule has 4 aromatic rings. The molecule has 204 valence electrons. The number of unbranched alkanes of at least 4 members (excludes halogenated alkanes) is 4. The number of nitrogens with two attached hydrogens (primary N) is 2. The van der Waals surface area contributed by atoms with Crippen molar-refractivity contribution in [3.63, 3.8) is 0 Å². The first-order valence-corrected chi connectivity index (χ1v) is 14.7. The summed E-state index contributed by atoms with van der Waals surface area (Å²) >= 11 is 0. The Morgan fingerprint density at radius 3 is 1.03 bits per heavy atom. The summed E-state index contributed by atoms with van der Waals surface area (Å²) in [6.07, 6.45) is 10.8. The van der Waals surface area contributed by atoms with Crippen molar-refractivity contribution < 1.29 is 0 Å². The van der Waals surface area contributed by atoms with Gasteiger partial charge in [0.05, 0.1) is 0 Å². The summed E-state index contributed by atoms with van der Waals surface area (Å²) in [5.41, 5.74) is 27.3. The zero-order valence-corrected chi connectivity index (χ0v) is 24.4. The van der Waals surface area contributed by atoms with Gasteiger partial charge in [0.1, 0.15) is 0 Å². The van der Waals surface area contributed by atoms with Crippen molar-refractivity contribution in [2.75, 3.05) is 11.5 Å². The van der Waals surface area contributed by atoms with Gasteiger partial charge in [-0.25, -0.2) is 0 Å². The molecule has 4 rings (SSSR count). The van der Waals surface area contributed by atoms with Crippen molar-refractivity contribution in [3.8, 4) is 0 Å². The summed E-state index contributed by atoms with van der Waals surface area (Å²) in [7, 11) is 0. The number of rotatable bonds is 12. The molecule has 4 N–H and O–H groups in total. The van der Waals surface area contributed by atoms with E-state index < -0.39 is 0 Å². The second kappa shape index (κ2) is 13.5. The van der Waals surface area contributed by atoms with Gasteiger partial charge in [-0.05, 0) is 146 Å². The molecule has 0 fully saturated rings. The van der Waals surface area contributed by atoms with Crippen LogP contribution >= 0.6 is 0 Å². The third-order valence-electron chi connectivity index (χ3n) is 8.18. The Morgan fingerprint density at radius 1 is 0.410 bits per heavy atom. The quantitative estimate of drug-likeness (QED) is 0.145. The van der Waals surface area contributed by atoms with Crippen LogP contribution in [-0.2, 0) is 25.7 Å². The Labute approximate surface area is 236 Å². The highest BCUT2D eigenvalue weighted by atomic mass is 14.5. The van der Waals surface area contributed by atoms with Crippen molar-refractivity contribution in [2.45, 2.75) is 85.5 Å². The molecular weight excluding hydrogens is 472 g/mol. The summed E-state index contributed by atoms with van der Waals surface area (Å²) in [4.78, 5) is 0. The summed E-state index contributed by atoms with van der Waals surface area (Å²) in [6, 6.07) is 26.8. The van der Waals surface area contributed by atoms with E-state index in [1.807, 2.05) is 0 Å². The average Bonchev–Trinajstić information content (AvgIpc) is 2.89. The summed E-state index contributed by atoms with van der Waals surface area (Å²) in [6.45, 7) is 8.65. The minimum absolute atomic E-state index is 0.856. The van der Waals surface area contributed by atoms with Crippen molar-refractivity contribution in [2.24, 2.45) is 0 Å². The van der Waals surface area contributed by atoms with Gasteiger partial charge >= 0.3 is 0 Å². The minimum Gasteiger partial charge on any atom is -0.399 e. The van der Waals surface area contributed by atoms with Crippen LogP contribution in [-0.4, -0.2) is 0 Å². The third kappa shape index (κ3) is 8.23. The fraction of sp³-hybridized carbons (Fsp3) is 0.351. The highest BCUT2D eigenvalue weighted by Gasteiger charge is 2.07. The molecule has 2 nitrogen and oxygen atoms in total. The Morgan fingerprint density at radius 2 is 0.692 bits per heavy atom. The molecule has 0 radical (unpaired) electrons. The van der Waals surface area contributed by atoms with Crippen LogP contribution in [0, 0.1) is 27.7 Å². The lowest BCUT2D eigenvalue weighted by Crippen LogP contribution is -1.98. The predicted octanol–water partition coefficient (Wildman–Crippen LogP) is 9.00. The lowest BCUT2D eigenvalue weighted by Gasteiger charge is -2.12. The first kappa shape index (κ1) is 28.5. The Bertz CT molecular complexity index is 1210. The van der Waals surface area contributed by atoms with Crippen molar-refractivity contribution in [1.82, 2.24) is 0 Å². The molecule has 0 aliphatic heterocycles. The van der Waals surface area contributed by atoms with Gasteiger partial charge in [-0.2, -0.15) is 0 Å². The Hall–Kier alpha value is -3.52. The molecule has 0 spiro atoms. The molecule has 0 amide bonds. The van der Waals surface area contributed by atoms with Gasteiger partial charge in [-0.1, -0.05) is 67.8 Å². The van der Waals surface area contributed by atoms with Crippen LogP contribution in [0.5, 0.6) is 0 Å². The van der Waals surface area contributed by atoms with Crippen molar-refractivity contribution in [3.05, 3.63) is 128 Å². The van der Waals surface area contributed by atoms with Crippen LogP contribution in [0.15, 0.2) is 72.8 Å². The SMILES string of the molecule is Cc1cc(N)cc(C)c1Cc1ccc(CCCCCCCc2ccc(Cc3c(C)cc(N)cc3C)cc2)cc1. The second-order valence-electron chi connectivity index (χ2n) is 11.5. The van der Waals surface area contributed by atoms with E-state index in [2.05, 4.69) is 100 Å². The van der Waals surface area contributed by atoms with E-state index in [1.54, 1.807) is 0 Å². The molecule has 39 heavy (non-hydrogen) atoms. The van der Waals surface area contributed by atoms with E-state index in [4.69, 9.17) is 11.5 Å². The summed E-state index contributed by atoms with van der Waals surface area (Å²) < 4.78 is 0. The number of nitrogen functional groups attached to an aromatic ring is 2. The largest absolute Gasteiger partial charge is 0.399 e. The van der Waals surface area contributed by atoms with E-state index >= 15 is 0 Å². The molecule has 2 heteroatoms. The van der Waals surface area contributed by atoms with E-state index in [0.717, 1.165) is 24.2 Å². The number of hydrogen-bond acceptors (Lipinski definition) is 2. The van der Waals surface area contributed by atoms with Crippen molar-refractivity contribution in [1.29, 1.82) is 0 Å². The summed E-state index contributed by atoms with van der Waals surface area (Å²) in [5, 5.41) is 0. The molecule has 0 aliphatic rings. The summed E-state index contributed by atoms with van der Waals surface area (Å²) in [5.74, 6) is 0. The fourth-order valence-electron chi connectivity index (χ4n) is 5.86. The molecule has 0 saturated heterocycles. The number of anilines is 2. The van der Waals surface area contributed by atoms with Gasteiger partial charge in [0.15, 0.2) is 0 Å². The molecular formula is C37H46N2. The zero-order chi connectivity index (χ0) is 27.8. The van der Waals surface area contributed by atoms with Gasteiger partial charge in [0.25, 0.3) is 0 Å². The molecule has 0 saturated carbocycles. The highest BCUT2D eigenvalue weighted by Crippen LogP contribution is 2.23. The number of benzene rings is 4. The van der Waals surface area contributed by atoms with Crippen LogP contribution < -0.4 is 11.5 Å². The van der Waals surface area contributed by atoms with E-state index in [9.17, 15) is 0 Å². The van der Waals surface area contributed by atoms with Crippen LogP contribution in [0.3, 0.4) is 0 Å². The fourth-order valence-corrected chi connectivity index (χ4v) is 5.86. The van der Waals surface area contributed by atoms with Gasteiger partial charge < -0.3 is 11.5 Å². The topological polar surface area (TPSA) is 52.0 Å². The first-order chi connectivity index (χ1) is 18.8. The van der Waals surface area contributed by atoms with Crippen LogP contribution in [0.2, 0.25) is 0 Å². The van der Waals surface area contributed by atoms with Gasteiger partial charge in [0.2, 0.25) is 0 Å². The maximum Gasteiger partial charge on any atom is 0.0319 e. The van der Waals surface area contributed by atoms with Crippen LogP contribution in [0.4, 0.5) is 11.4 Å². The van der Waals surface area contributed by atoms with Crippen LogP contribution in [0.25, 0.3) is 0 Å². The van der Waals surface area contributed by atoms with Crippen molar-refractivity contribution >= 4 is 11.4 Å². The maximum atomic E-state index is 5.99. The minimum atomic E-state index is 0.856. The van der Waals surface area contributed by atoms with Gasteiger partial charge in [0, 0.05) is 11.4 Å². The second-order valence-corrected chi connectivity index (χ2v) is 11.5. The lowest BCUT2D eigenvalue weighted by atomic mass is 9.94. The molecule has 0 aliphatic carbocycles. The Kier molecular flexibility index (Phi) is 9.87. The average molecular weight is 519 g/mol. The van der Waals surface area contributed by atoms with Crippen LogP contribution in [0.1, 0.15) is 87.7 Å². The van der Waals surface area contributed by atoms with E-state index in [0.29, 0.717) is 0 Å². The van der Waals surface area contributed by atoms with E-state index in [-0.39, 0.29) is 0 Å². The highest BCUT2D eigenvalue weighted by molar-refractivity contribution is 5.51. The van der Waals surface area contributed by atoms with E-state index in [1.165, 1.54) is 101 Å². The third-order valence-corrected chi connectivity index (χ3v) is 8.18.